The third-order valence-electron chi connectivity index (χ3n) is 1.01. The van der Waals surface area contributed by atoms with E-state index >= 15 is 0 Å². The van der Waals surface area contributed by atoms with E-state index in [0.29, 0.717) is 0 Å². The lowest BCUT2D eigenvalue weighted by Gasteiger charge is -2.05. The van der Waals surface area contributed by atoms with Crippen LogP contribution in [0.15, 0.2) is 0 Å². The van der Waals surface area contributed by atoms with Crippen molar-refractivity contribution in [1.29, 1.82) is 0 Å². The van der Waals surface area contributed by atoms with E-state index < -0.39 is 15.4 Å². The van der Waals surface area contributed by atoms with E-state index in [4.69, 9.17) is 10.3 Å². The Kier molecular flexibility index (Phi) is 3.10. The summed E-state index contributed by atoms with van der Waals surface area (Å²) in [7, 11) is -3.95. The first-order chi connectivity index (χ1) is 4.02. The molecule has 0 spiro atoms. The highest BCUT2D eigenvalue weighted by molar-refractivity contribution is 7.86. The minimum absolute atomic E-state index is 0.0810. The first-order valence-electron chi connectivity index (χ1n) is 2.48. The first-order valence-corrected chi connectivity index (χ1v) is 3.98. The third-order valence-corrected chi connectivity index (χ3v) is 2.28. The zero-order valence-electron chi connectivity index (χ0n) is 4.95. The van der Waals surface area contributed by atoms with Crippen molar-refractivity contribution >= 4 is 10.1 Å². The molecule has 3 N–H and O–H groups in total. The fourth-order valence-electron chi connectivity index (χ4n) is 0.388. The Morgan fingerprint density at radius 3 is 2.11 bits per heavy atom. The van der Waals surface area contributed by atoms with Gasteiger partial charge < -0.3 is 5.73 Å². The van der Waals surface area contributed by atoms with Crippen LogP contribution in [-0.2, 0) is 10.1 Å². The Bertz CT molecular complexity index is 159. The Labute approximate surface area is 54.8 Å². The molecule has 0 aliphatic rings. The van der Waals surface area contributed by atoms with Crippen LogP contribution in [0.2, 0.25) is 0 Å². The monoisotopic (exact) mass is 152 g/mol. The van der Waals surface area contributed by atoms with Crippen LogP contribution in [0.25, 0.3) is 0 Å². The normalized spacial score (nSPS) is 15.4. The largest absolute Gasteiger partial charge is 0.329 e. The van der Waals surface area contributed by atoms with E-state index in [1.165, 1.54) is 0 Å². The van der Waals surface area contributed by atoms with Crippen LogP contribution in [0, 0.1) is 6.92 Å². The molecule has 0 heterocycles. The molecule has 0 aromatic rings. The van der Waals surface area contributed by atoms with Crippen molar-refractivity contribution < 1.29 is 13.0 Å². The summed E-state index contributed by atoms with van der Waals surface area (Å²) in [5, 5.41) is -0.905. The molecule has 4 nitrogen and oxygen atoms in total. The van der Waals surface area contributed by atoms with Gasteiger partial charge in [0.2, 0.25) is 0 Å². The maximum atomic E-state index is 10.2. The summed E-state index contributed by atoms with van der Waals surface area (Å²) in [5.41, 5.74) is 4.99. The molecule has 5 heteroatoms. The van der Waals surface area contributed by atoms with Crippen LogP contribution in [0.1, 0.15) is 6.42 Å². The number of nitrogens with two attached hydrogens (primary N) is 1. The zero-order valence-corrected chi connectivity index (χ0v) is 5.76. The molecule has 0 aliphatic carbocycles. The standard InChI is InChI=1S/C4H10NO3S/c1-2-4(3-5)9(6,7)8/h4H,1-3,5H2,(H,6,7,8). The van der Waals surface area contributed by atoms with Crippen molar-refractivity contribution in [2.24, 2.45) is 5.73 Å². The predicted molar refractivity (Wildman–Crippen MR) is 34.4 cm³/mol. The van der Waals surface area contributed by atoms with Gasteiger partial charge in [0.25, 0.3) is 10.1 Å². The van der Waals surface area contributed by atoms with Crippen molar-refractivity contribution in [3.8, 4) is 0 Å². The molecule has 0 fully saturated rings. The summed E-state index contributed by atoms with van der Waals surface area (Å²) >= 11 is 0. The third kappa shape index (κ3) is 2.78. The highest BCUT2D eigenvalue weighted by atomic mass is 32.2. The van der Waals surface area contributed by atoms with Crippen LogP contribution in [0.4, 0.5) is 0 Å². The molecule has 0 aliphatic heterocycles. The molecular formula is C4H10NO3S. The average Bonchev–Trinajstić information content (AvgIpc) is 1.65. The van der Waals surface area contributed by atoms with Crippen molar-refractivity contribution in [3.05, 3.63) is 6.92 Å². The van der Waals surface area contributed by atoms with Crippen molar-refractivity contribution in [2.75, 3.05) is 6.54 Å². The molecule has 0 saturated carbocycles. The smallest absolute Gasteiger partial charge is 0.269 e. The number of hydrogen-bond acceptors (Lipinski definition) is 3. The van der Waals surface area contributed by atoms with Crippen molar-refractivity contribution in [1.82, 2.24) is 0 Å². The maximum absolute atomic E-state index is 10.2. The molecule has 0 rings (SSSR count). The highest BCUT2D eigenvalue weighted by Crippen LogP contribution is 1.99. The van der Waals surface area contributed by atoms with Gasteiger partial charge in [-0.2, -0.15) is 8.42 Å². The van der Waals surface area contributed by atoms with Crippen molar-refractivity contribution in [2.45, 2.75) is 11.7 Å². The van der Waals surface area contributed by atoms with Crippen LogP contribution >= 0.6 is 0 Å². The van der Waals surface area contributed by atoms with E-state index in [1.54, 1.807) is 0 Å². The highest BCUT2D eigenvalue weighted by Gasteiger charge is 2.17. The second-order valence-electron chi connectivity index (χ2n) is 1.66. The van der Waals surface area contributed by atoms with Gasteiger partial charge in [0.1, 0.15) is 0 Å². The second kappa shape index (κ2) is 3.14. The van der Waals surface area contributed by atoms with Gasteiger partial charge in [0.05, 0.1) is 5.25 Å². The first kappa shape index (κ1) is 8.87. The van der Waals surface area contributed by atoms with E-state index in [1.807, 2.05) is 0 Å². The Morgan fingerprint density at radius 1 is 1.67 bits per heavy atom. The lowest BCUT2D eigenvalue weighted by atomic mass is 10.3. The summed E-state index contributed by atoms with van der Waals surface area (Å²) in [5.74, 6) is 0. The molecule has 55 valence electrons. The van der Waals surface area contributed by atoms with Gasteiger partial charge in [-0.05, 0) is 6.42 Å². The SMILES string of the molecule is [CH2]CC(CN)S(=O)(=O)O. The lowest BCUT2D eigenvalue weighted by Crippen LogP contribution is -2.28. The van der Waals surface area contributed by atoms with Crippen LogP contribution < -0.4 is 5.73 Å². The van der Waals surface area contributed by atoms with E-state index in [0.717, 1.165) is 0 Å². The van der Waals surface area contributed by atoms with E-state index in [-0.39, 0.29) is 13.0 Å². The van der Waals surface area contributed by atoms with Gasteiger partial charge in [-0.15, -0.1) is 0 Å². The number of hydrogen-bond donors (Lipinski definition) is 2. The fraction of sp³-hybridized carbons (Fsp3) is 0.750. The summed E-state index contributed by atoms with van der Waals surface area (Å²) in [6, 6.07) is 0. The maximum Gasteiger partial charge on any atom is 0.269 e. The zero-order chi connectivity index (χ0) is 7.49. The molecule has 0 aromatic heterocycles. The molecule has 1 radical (unpaired) electrons. The topological polar surface area (TPSA) is 80.4 Å². The Hall–Kier alpha value is -0.130. The Balaban J connectivity index is 4.14. The molecule has 0 saturated heterocycles. The summed E-state index contributed by atoms with van der Waals surface area (Å²) < 4.78 is 28.8. The molecule has 1 unspecified atom stereocenters. The minimum atomic E-state index is -3.95. The Morgan fingerprint density at radius 2 is 2.11 bits per heavy atom. The van der Waals surface area contributed by atoms with Gasteiger partial charge >= 0.3 is 0 Å². The van der Waals surface area contributed by atoms with Gasteiger partial charge in [0.15, 0.2) is 0 Å². The molecular weight excluding hydrogens is 142 g/mol. The summed E-state index contributed by atoms with van der Waals surface area (Å²) in [6.45, 7) is 3.22. The van der Waals surface area contributed by atoms with Crippen LogP contribution in [0.3, 0.4) is 0 Å². The second-order valence-corrected chi connectivity index (χ2v) is 3.36. The van der Waals surface area contributed by atoms with Gasteiger partial charge in [0, 0.05) is 6.54 Å². The molecule has 0 aromatic carbocycles. The quantitative estimate of drug-likeness (QED) is 0.530. The molecule has 9 heavy (non-hydrogen) atoms. The van der Waals surface area contributed by atoms with Crippen LogP contribution in [-0.4, -0.2) is 24.8 Å². The molecule has 1 atom stereocenters. The lowest BCUT2D eigenvalue weighted by molar-refractivity contribution is 0.467. The minimum Gasteiger partial charge on any atom is -0.329 e. The van der Waals surface area contributed by atoms with E-state index in [9.17, 15) is 8.42 Å². The molecule has 0 bridgehead atoms. The van der Waals surface area contributed by atoms with Crippen molar-refractivity contribution in [3.63, 3.8) is 0 Å². The molecule has 0 amide bonds. The summed E-state index contributed by atoms with van der Waals surface area (Å²) in [4.78, 5) is 0. The fourth-order valence-corrected chi connectivity index (χ4v) is 0.929. The van der Waals surface area contributed by atoms with E-state index in [2.05, 4.69) is 6.92 Å². The van der Waals surface area contributed by atoms with Gasteiger partial charge in [-0.25, -0.2) is 0 Å². The average molecular weight is 152 g/mol. The number of rotatable bonds is 3. The van der Waals surface area contributed by atoms with Gasteiger partial charge in [-0.3, -0.25) is 4.55 Å². The predicted octanol–water partition coefficient (Wildman–Crippen LogP) is -0.574. The summed E-state index contributed by atoms with van der Waals surface area (Å²) in [6.07, 6.45) is 0.106. The van der Waals surface area contributed by atoms with Gasteiger partial charge in [-0.1, -0.05) is 6.92 Å². The van der Waals surface area contributed by atoms with Crippen LogP contribution in [0.5, 0.6) is 0 Å².